The summed E-state index contributed by atoms with van der Waals surface area (Å²) < 4.78 is 0. The lowest BCUT2D eigenvalue weighted by Gasteiger charge is -2.09. The number of carbonyl (C=O) groups is 2. The van der Waals surface area contributed by atoms with E-state index in [1.165, 1.54) is 6.07 Å². The lowest BCUT2D eigenvalue weighted by Crippen LogP contribution is -2.09. The van der Waals surface area contributed by atoms with Crippen molar-refractivity contribution in [3.05, 3.63) is 35.4 Å². The van der Waals surface area contributed by atoms with Crippen LogP contribution in [0.25, 0.3) is 0 Å². The van der Waals surface area contributed by atoms with Crippen molar-refractivity contribution in [3.8, 4) is 0 Å². The van der Waals surface area contributed by atoms with Crippen LogP contribution in [0.15, 0.2) is 18.2 Å². The van der Waals surface area contributed by atoms with E-state index in [1.54, 1.807) is 26.0 Å². The first kappa shape index (κ1) is 12.2. The van der Waals surface area contributed by atoms with Crippen molar-refractivity contribution in [1.82, 2.24) is 0 Å². The molecule has 2 unspecified atom stereocenters. The van der Waals surface area contributed by atoms with Gasteiger partial charge in [-0.25, -0.2) is 0 Å². The molecule has 1 aromatic carbocycles. The highest BCUT2D eigenvalue weighted by Crippen LogP contribution is 2.20. The van der Waals surface area contributed by atoms with Gasteiger partial charge in [0.1, 0.15) is 0 Å². The van der Waals surface area contributed by atoms with Crippen molar-refractivity contribution in [1.29, 1.82) is 0 Å². The predicted molar refractivity (Wildman–Crippen MR) is 57.4 cm³/mol. The SMILES string of the molecule is CC(C(=O)O)c1[c]cc(C(C)C(=O)O)cc1. The third-order valence-electron chi connectivity index (χ3n) is 2.57. The van der Waals surface area contributed by atoms with Crippen molar-refractivity contribution in [3.63, 3.8) is 0 Å². The summed E-state index contributed by atoms with van der Waals surface area (Å²) in [6.45, 7) is 3.14. The van der Waals surface area contributed by atoms with E-state index in [9.17, 15) is 9.59 Å². The van der Waals surface area contributed by atoms with Crippen molar-refractivity contribution in [2.24, 2.45) is 0 Å². The van der Waals surface area contributed by atoms with E-state index in [1.807, 2.05) is 0 Å². The summed E-state index contributed by atoms with van der Waals surface area (Å²) in [5.74, 6) is -3.07. The first-order chi connectivity index (χ1) is 7.43. The van der Waals surface area contributed by atoms with Gasteiger partial charge in [0.25, 0.3) is 0 Å². The second kappa shape index (κ2) is 4.79. The normalized spacial score (nSPS) is 14.1. The van der Waals surface area contributed by atoms with Gasteiger partial charge in [0.15, 0.2) is 0 Å². The number of aliphatic carboxylic acids is 2. The molecular formula is C12H13O4. The minimum atomic E-state index is -0.921. The fourth-order valence-electron chi connectivity index (χ4n) is 1.26. The summed E-state index contributed by atoms with van der Waals surface area (Å²) in [5.41, 5.74) is 1.17. The molecule has 0 aliphatic carbocycles. The molecule has 2 N–H and O–H groups in total. The lowest BCUT2D eigenvalue weighted by atomic mass is 9.96. The molecule has 2 atom stereocenters. The van der Waals surface area contributed by atoms with E-state index in [2.05, 4.69) is 6.07 Å². The monoisotopic (exact) mass is 221 g/mol. The zero-order valence-electron chi connectivity index (χ0n) is 9.10. The third kappa shape index (κ3) is 2.59. The minimum absolute atomic E-state index is 0.550. The van der Waals surface area contributed by atoms with Gasteiger partial charge in [0, 0.05) is 0 Å². The summed E-state index contributed by atoms with van der Waals surface area (Å²) in [6.07, 6.45) is 0. The van der Waals surface area contributed by atoms with E-state index in [0.29, 0.717) is 11.1 Å². The average Bonchev–Trinajstić information content (AvgIpc) is 2.27. The van der Waals surface area contributed by atoms with Gasteiger partial charge >= 0.3 is 11.9 Å². The smallest absolute Gasteiger partial charge is 0.310 e. The van der Waals surface area contributed by atoms with Crippen LogP contribution >= 0.6 is 0 Å². The largest absolute Gasteiger partial charge is 0.481 e. The van der Waals surface area contributed by atoms with Crippen LogP contribution in [-0.4, -0.2) is 22.2 Å². The highest BCUT2D eigenvalue weighted by molar-refractivity contribution is 5.76. The van der Waals surface area contributed by atoms with E-state index < -0.39 is 23.8 Å². The summed E-state index contributed by atoms with van der Waals surface area (Å²) in [7, 11) is 0. The number of carboxylic acids is 2. The van der Waals surface area contributed by atoms with Gasteiger partial charge in [0.2, 0.25) is 0 Å². The summed E-state index contributed by atoms with van der Waals surface area (Å²) in [5, 5.41) is 17.6. The minimum Gasteiger partial charge on any atom is -0.481 e. The highest BCUT2D eigenvalue weighted by Gasteiger charge is 2.16. The van der Waals surface area contributed by atoms with Crippen molar-refractivity contribution < 1.29 is 19.8 Å². The van der Waals surface area contributed by atoms with Gasteiger partial charge in [-0.3, -0.25) is 9.59 Å². The van der Waals surface area contributed by atoms with E-state index >= 15 is 0 Å². The van der Waals surface area contributed by atoms with Crippen LogP contribution in [0.3, 0.4) is 0 Å². The molecule has 0 spiro atoms. The molecule has 16 heavy (non-hydrogen) atoms. The maximum Gasteiger partial charge on any atom is 0.310 e. The molecular weight excluding hydrogens is 208 g/mol. The number of hydrogen-bond acceptors (Lipinski definition) is 2. The Labute approximate surface area is 93.5 Å². The Morgan fingerprint density at radius 1 is 1.12 bits per heavy atom. The molecule has 85 valence electrons. The number of carboxylic acid groups (broad SMARTS) is 2. The van der Waals surface area contributed by atoms with Crippen LogP contribution in [-0.2, 0) is 9.59 Å². The molecule has 0 fully saturated rings. The maximum atomic E-state index is 10.7. The van der Waals surface area contributed by atoms with E-state index in [4.69, 9.17) is 10.2 Å². The Balaban J connectivity index is 2.91. The molecule has 0 aromatic heterocycles. The fourth-order valence-corrected chi connectivity index (χ4v) is 1.26. The zero-order valence-corrected chi connectivity index (χ0v) is 9.10. The van der Waals surface area contributed by atoms with Gasteiger partial charge in [-0.1, -0.05) is 12.1 Å². The summed E-state index contributed by atoms with van der Waals surface area (Å²) >= 11 is 0. The molecule has 4 nitrogen and oxygen atoms in total. The van der Waals surface area contributed by atoms with Gasteiger partial charge in [0.05, 0.1) is 11.8 Å². The number of benzene rings is 1. The van der Waals surface area contributed by atoms with Crippen LogP contribution in [0.1, 0.15) is 36.8 Å². The molecule has 1 radical (unpaired) electrons. The molecule has 0 aliphatic rings. The Hall–Kier alpha value is -1.84. The van der Waals surface area contributed by atoms with Crippen molar-refractivity contribution >= 4 is 11.9 Å². The Bertz CT molecular complexity index is 355. The Kier molecular flexibility index (Phi) is 3.66. The van der Waals surface area contributed by atoms with Crippen LogP contribution in [0.4, 0.5) is 0 Å². The topological polar surface area (TPSA) is 74.6 Å². The second-order valence-electron chi connectivity index (χ2n) is 3.70. The Morgan fingerprint density at radius 3 is 2.06 bits per heavy atom. The van der Waals surface area contributed by atoms with Crippen LogP contribution < -0.4 is 0 Å². The predicted octanol–water partition coefficient (Wildman–Crippen LogP) is 1.86. The average molecular weight is 221 g/mol. The van der Waals surface area contributed by atoms with E-state index in [-0.39, 0.29) is 0 Å². The van der Waals surface area contributed by atoms with Gasteiger partial charge in [-0.15, -0.1) is 0 Å². The van der Waals surface area contributed by atoms with Crippen LogP contribution in [0, 0.1) is 6.07 Å². The fraction of sp³-hybridized carbons (Fsp3) is 0.333. The summed E-state index contributed by atoms with van der Waals surface area (Å²) in [4.78, 5) is 21.4. The Morgan fingerprint density at radius 2 is 1.69 bits per heavy atom. The molecule has 0 aliphatic heterocycles. The highest BCUT2D eigenvalue weighted by atomic mass is 16.4. The molecule has 0 heterocycles. The third-order valence-corrected chi connectivity index (χ3v) is 2.57. The number of rotatable bonds is 4. The molecule has 4 heteroatoms. The van der Waals surface area contributed by atoms with Gasteiger partial charge in [-0.2, -0.15) is 0 Å². The van der Waals surface area contributed by atoms with Crippen LogP contribution in [0.5, 0.6) is 0 Å². The van der Waals surface area contributed by atoms with E-state index in [0.717, 1.165) is 0 Å². The first-order valence-electron chi connectivity index (χ1n) is 4.90. The zero-order chi connectivity index (χ0) is 12.3. The molecule has 0 saturated heterocycles. The first-order valence-corrected chi connectivity index (χ1v) is 4.90. The van der Waals surface area contributed by atoms with Crippen LogP contribution in [0.2, 0.25) is 0 Å². The van der Waals surface area contributed by atoms with Gasteiger partial charge < -0.3 is 10.2 Å². The van der Waals surface area contributed by atoms with Crippen molar-refractivity contribution in [2.75, 3.05) is 0 Å². The lowest BCUT2D eigenvalue weighted by molar-refractivity contribution is -0.139. The molecule has 0 saturated carbocycles. The standard InChI is InChI=1S/C12H13O4/c1-7(11(13)14)9-3-5-10(6-4-9)8(2)12(15)16/h3-5,7-8H,1-2H3,(H,13,14)(H,15,16). The van der Waals surface area contributed by atoms with Gasteiger partial charge in [-0.05, 0) is 37.1 Å². The molecule has 0 bridgehead atoms. The summed E-state index contributed by atoms with van der Waals surface area (Å²) in [6, 6.07) is 7.58. The maximum absolute atomic E-state index is 10.7. The quantitative estimate of drug-likeness (QED) is 0.813. The second-order valence-corrected chi connectivity index (χ2v) is 3.70. The molecule has 1 rings (SSSR count). The number of hydrogen-bond donors (Lipinski definition) is 2. The molecule has 1 aromatic rings. The van der Waals surface area contributed by atoms with Crippen molar-refractivity contribution in [2.45, 2.75) is 25.7 Å². The molecule has 0 amide bonds.